The van der Waals surface area contributed by atoms with E-state index in [1.54, 1.807) is 29.6 Å². The van der Waals surface area contributed by atoms with Crippen molar-refractivity contribution in [3.63, 3.8) is 0 Å². The summed E-state index contributed by atoms with van der Waals surface area (Å²) in [5.41, 5.74) is -1.11. The minimum Gasteiger partial charge on any atom is -0.451 e. The molecule has 0 radical (unpaired) electrons. The number of halogens is 5. The lowest BCUT2D eigenvalue weighted by atomic mass is 10.2. The average Bonchev–Trinajstić information content (AvgIpc) is 2.99. The van der Waals surface area contributed by atoms with Gasteiger partial charge in [0.05, 0.1) is 0 Å². The highest BCUT2D eigenvalue weighted by Crippen LogP contribution is 2.28. The van der Waals surface area contributed by atoms with E-state index < -0.39 is 40.7 Å². The molecule has 0 aliphatic carbocycles. The van der Waals surface area contributed by atoms with Crippen LogP contribution in [-0.4, -0.2) is 5.91 Å². The van der Waals surface area contributed by atoms with Crippen molar-refractivity contribution in [2.45, 2.75) is 0 Å². The van der Waals surface area contributed by atoms with Gasteiger partial charge in [0.15, 0.2) is 29.0 Å². The minimum absolute atomic E-state index is 0.329. The predicted octanol–water partition coefficient (Wildman–Crippen LogP) is 4.38. The molecule has 118 valence electrons. The molecule has 0 bridgehead atoms. The number of fused-ring (bicyclic) bond motifs is 1. The molecule has 0 unspecified atom stereocenters. The number of hydrogen-bond acceptors (Lipinski definition) is 2. The summed E-state index contributed by atoms with van der Waals surface area (Å²) in [5.74, 6) is -12.4. The third-order valence-corrected chi connectivity index (χ3v) is 3.10. The first-order chi connectivity index (χ1) is 10.9. The summed E-state index contributed by atoms with van der Waals surface area (Å²) in [6.07, 6.45) is 0. The Hall–Kier alpha value is -2.90. The predicted molar refractivity (Wildman–Crippen MR) is 70.4 cm³/mol. The second-order valence-electron chi connectivity index (χ2n) is 4.55. The maximum Gasteiger partial charge on any atom is 0.291 e. The van der Waals surface area contributed by atoms with Gasteiger partial charge in [0, 0.05) is 5.39 Å². The molecular formula is C15H6F5NO2. The standard InChI is InChI=1S/C15H6F5NO2/c16-9-10(17)12(19)14(13(20)11(9)18)21-15(22)8-5-6-3-1-2-4-7(6)23-8/h1-5H,(H,21,22). The van der Waals surface area contributed by atoms with Crippen LogP contribution in [0.4, 0.5) is 27.6 Å². The quantitative estimate of drug-likeness (QED) is 0.431. The van der Waals surface area contributed by atoms with Gasteiger partial charge in [0.25, 0.3) is 5.91 Å². The van der Waals surface area contributed by atoms with Crippen molar-refractivity contribution in [3.05, 3.63) is 65.2 Å². The van der Waals surface area contributed by atoms with Crippen LogP contribution in [0.3, 0.4) is 0 Å². The molecule has 0 spiro atoms. The maximum absolute atomic E-state index is 13.5. The summed E-state index contributed by atoms with van der Waals surface area (Å²) >= 11 is 0. The van der Waals surface area contributed by atoms with Crippen molar-refractivity contribution in [1.29, 1.82) is 0 Å². The Morgan fingerprint density at radius 2 is 1.43 bits per heavy atom. The zero-order chi connectivity index (χ0) is 16.7. The van der Waals surface area contributed by atoms with Crippen molar-refractivity contribution in [3.8, 4) is 0 Å². The number of hydrogen-bond donors (Lipinski definition) is 1. The SMILES string of the molecule is O=C(Nc1c(F)c(F)c(F)c(F)c1F)c1cc2ccccc2o1. The zero-order valence-electron chi connectivity index (χ0n) is 11.1. The molecule has 8 heteroatoms. The monoisotopic (exact) mass is 327 g/mol. The molecule has 0 aliphatic rings. The van der Waals surface area contributed by atoms with Gasteiger partial charge in [-0.3, -0.25) is 4.79 Å². The topological polar surface area (TPSA) is 42.2 Å². The third-order valence-electron chi connectivity index (χ3n) is 3.10. The van der Waals surface area contributed by atoms with Crippen LogP contribution in [0.25, 0.3) is 11.0 Å². The van der Waals surface area contributed by atoms with Crippen molar-refractivity contribution in [2.75, 3.05) is 5.32 Å². The lowest BCUT2D eigenvalue weighted by Gasteiger charge is -2.08. The Balaban J connectivity index is 2.00. The first-order valence-electron chi connectivity index (χ1n) is 6.21. The highest BCUT2D eigenvalue weighted by atomic mass is 19.2. The lowest BCUT2D eigenvalue weighted by molar-refractivity contribution is 0.0997. The zero-order valence-corrected chi connectivity index (χ0v) is 11.1. The van der Waals surface area contributed by atoms with E-state index in [0.717, 1.165) is 0 Å². The molecule has 0 saturated heterocycles. The fraction of sp³-hybridized carbons (Fsp3) is 0. The number of para-hydroxylation sites is 1. The maximum atomic E-state index is 13.5. The summed E-state index contributed by atoms with van der Waals surface area (Å²) in [4.78, 5) is 11.9. The number of rotatable bonds is 2. The number of amides is 1. The number of carbonyl (C=O) groups excluding carboxylic acids is 1. The molecule has 23 heavy (non-hydrogen) atoms. The van der Waals surface area contributed by atoms with Crippen LogP contribution in [0.15, 0.2) is 34.7 Å². The summed E-state index contributed by atoms with van der Waals surface area (Å²) in [6, 6.07) is 7.75. The summed E-state index contributed by atoms with van der Waals surface area (Å²) in [5, 5.41) is 2.17. The molecule has 0 saturated carbocycles. The van der Waals surface area contributed by atoms with Gasteiger partial charge < -0.3 is 9.73 Å². The number of carbonyl (C=O) groups is 1. The van der Waals surface area contributed by atoms with Crippen LogP contribution in [0.2, 0.25) is 0 Å². The lowest BCUT2D eigenvalue weighted by Crippen LogP contribution is -2.16. The smallest absolute Gasteiger partial charge is 0.291 e. The van der Waals surface area contributed by atoms with Gasteiger partial charge in [-0.25, -0.2) is 22.0 Å². The van der Waals surface area contributed by atoms with E-state index in [1.165, 1.54) is 6.07 Å². The Morgan fingerprint density at radius 1 is 0.870 bits per heavy atom. The summed E-state index contributed by atoms with van der Waals surface area (Å²) in [7, 11) is 0. The molecule has 1 N–H and O–H groups in total. The Labute approximate surface area is 125 Å². The molecular weight excluding hydrogens is 321 g/mol. The van der Waals surface area contributed by atoms with E-state index in [4.69, 9.17) is 4.42 Å². The van der Waals surface area contributed by atoms with Crippen molar-refractivity contribution >= 4 is 22.6 Å². The second kappa shape index (κ2) is 5.38. The Bertz CT molecular complexity index is 873. The fourth-order valence-electron chi connectivity index (χ4n) is 1.98. The average molecular weight is 327 g/mol. The number of furan rings is 1. The summed E-state index contributed by atoms with van der Waals surface area (Å²) < 4.78 is 71.3. The number of benzene rings is 2. The van der Waals surface area contributed by atoms with Crippen molar-refractivity contribution in [2.24, 2.45) is 0 Å². The highest BCUT2D eigenvalue weighted by molar-refractivity contribution is 6.04. The van der Waals surface area contributed by atoms with Gasteiger partial charge in [-0.05, 0) is 12.1 Å². The van der Waals surface area contributed by atoms with E-state index in [0.29, 0.717) is 11.0 Å². The van der Waals surface area contributed by atoms with Crippen LogP contribution >= 0.6 is 0 Å². The summed E-state index contributed by atoms with van der Waals surface area (Å²) in [6.45, 7) is 0. The normalized spacial score (nSPS) is 11.0. The first-order valence-corrected chi connectivity index (χ1v) is 6.21. The molecule has 0 aliphatic heterocycles. The van der Waals surface area contributed by atoms with E-state index in [9.17, 15) is 26.7 Å². The van der Waals surface area contributed by atoms with E-state index in [1.807, 2.05) is 0 Å². The van der Waals surface area contributed by atoms with Gasteiger partial charge >= 0.3 is 0 Å². The third kappa shape index (κ3) is 2.41. The van der Waals surface area contributed by atoms with E-state index >= 15 is 0 Å². The van der Waals surface area contributed by atoms with Crippen LogP contribution in [0, 0.1) is 29.1 Å². The largest absolute Gasteiger partial charge is 0.451 e. The van der Waals surface area contributed by atoms with Crippen LogP contribution in [0.5, 0.6) is 0 Å². The van der Waals surface area contributed by atoms with Gasteiger partial charge in [-0.1, -0.05) is 18.2 Å². The van der Waals surface area contributed by atoms with Crippen molar-refractivity contribution < 1.29 is 31.2 Å². The van der Waals surface area contributed by atoms with Crippen molar-refractivity contribution in [1.82, 2.24) is 0 Å². The fourth-order valence-corrected chi connectivity index (χ4v) is 1.98. The molecule has 1 heterocycles. The number of nitrogens with one attached hydrogen (secondary N) is 1. The first kappa shape index (κ1) is 15.0. The van der Waals surface area contributed by atoms with Gasteiger partial charge in [0.2, 0.25) is 5.82 Å². The molecule has 3 aromatic rings. The molecule has 0 atom stereocenters. The molecule has 1 aromatic heterocycles. The molecule has 3 rings (SSSR count). The second-order valence-corrected chi connectivity index (χ2v) is 4.55. The van der Waals surface area contributed by atoms with Gasteiger partial charge in [0.1, 0.15) is 11.3 Å². The molecule has 0 fully saturated rings. The van der Waals surface area contributed by atoms with Gasteiger partial charge in [-0.2, -0.15) is 0 Å². The van der Waals surface area contributed by atoms with Gasteiger partial charge in [-0.15, -0.1) is 0 Å². The van der Waals surface area contributed by atoms with Crippen LogP contribution < -0.4 is 5.32 Å². The molecule has 1 amide bonds. The molecule has 2 aromatic carbocycles. The van der Waals surface area contributed by atoms with Crippen LogP contribution in [-0.2, 0) is 0 Å². The molecule has 3 nitrogen and oxygen atoms in total. The highest BCUT2D eigenvalue weighted by Gasteiger charge is 2.27. The Kier molecular flexibility index (Phi) is 3.51. The number of anilines is 1. The minimum atomic E-state index is -2.30. The Morgan fingerprint density at radius 3 is 2.04 bits per heavy atom. The van der Waals surface area contributed by atoms with E-state index in [-0.39, 0.29) is 5.76 Å². The van der Waals surface area contributed by atoms with Crippen LogP contribution in [0.1, 0.15) is 10.6 Å². The van der Waals surface area contributed by atoms with E-state index in [2.05, 4.69) is 0 Å².